The fourth-order valence-corrected chi connectivity index (χ4v) is 6.48. The van der Waals surface area contributed by atoms with E-state index in [-0.39, 0.29) is 62.6 Å². The number of nitrogens with zero attached hydrogens (tertiary/aromatic N) is 5. The maximum absolute atomic E-state index is 14.3. The summed E-state index contributed by atoms with van der Waals surface area (Å²) >= 11 is 0. The molecule has 2 fully saturated rings. The molecule has 3 aromatic rings. The van der Waals surface area contributed by atoms with Crippen LogP contribution in [0.25, 0.3) is 0 Å². The SMILES string of the molecule is C=CCN1CC(=O)N2[C@@H](Cc3ccc(O)cc3)C(=O)N(Cc3cccc(N(C)C(=O)CCCCC)c3)C[C@@H]2N1C(=O)NCc1ccccc1. The van der Waals surface area contributed by atoms with Crippen molar-refractivity contribution in [3.05, 3.63) is 108 Å². The summed E-state index contributed by atoms with van der Waals surface area (Å²) in [5, 5.41) is 16.1. The molecular weight excluding hydrogens is 620 g/mol. The average molecular weight is 667 g/mol. The normalized spacial score (nSPS) is 17.9. The number of carbonyl (C=O) groups is 4. The standard InChI is InChI=1S/C38H46N6O5/c1-4-6-8-16-35(46)40(3)31-15-11-14-30(22-31)25-41-26-34-43(33(37(41)48)23-28-17-19-32(45)20-18-28)36(47)27-42(21-5-2)44(34)38(49)39-24-29-12-9-7-10-13-29/h5,7,9-15,17-20,22,33-34,45H,2,4,6,8,16,21,23-27H2,1,3H3,(H,39,49)/t33-,34-/m0/s1. The second-order valence-electron chi connectivity index (χ2n) is 12.6. The topological polar surface area (TPSA) is 117 Å². The van der Waals surface area contributed by atoms with Crippen LogP contribution in [-0.4, -0.2) is 87.6 Å². The van der Waals surface area contributed by atoms with Crippen molar-refractivity contribution >= 4 is 29.4 Å². The predicted molar refractivity (Wildman–Crippen MR) is 188 cm³/mol. The van der Waals surface area contributed by atoms with Crippen molar-refractivity contribution in [3.63, 3.8) is 0 Å². The van der Waals surface area contributed by atoms with Crippen molar-refractivity contribution in [1.82, 2.24) is 25.1 Å². The van der Waals surface area contributed by atoms with Crippen molar-refractivity contribution in [2.24, 2.45) is 0 Å². The molecular formula is C38H46N6O5. The number of hydrogen-bond acceptors (Lipinski definition) is 6. The molecule has 0 saturated carbocycles. The van der Waals surface area contributed by atoms with Gasteiger partial charge in [0.1, 0.15) is 18.0 Å². The first-order valence-corrected chi connectivity index (χ1v) is 16.9. The largest absolute Gasteiger partial charge is 0.508 e. The van der Waals surface area contributed by atoms with Gasteiger partial charge in [-0.25, -0.2) is 14.8 Å². The summed E-state index contributed by atoms with van der Waals surface area (Å²) in [7, 11) is 1.76. The molecule has 2 atom stereocenters. The molecule has 2 aliphatic heterocycles. The monoisotopic (exact) mass is 666 g/mol. The summed E-state index contributed by atoms with van der Waals surface area (Å²) in [4.78, 5) is 59.9. The third-order valence-electron chi connectivity index (χ3n) is 9.07. The molecule has 258 valence electrons. The Labute approximate surface area is 288 Å². The first-order chi connectivity index (χ1) is 23.7. The van der Waals surface area contributed by atoms with E-state index in [2.05, 4.69) is 18.8 Å². The van der Waals surface area contributed by atoms with Gasteiger partial charge in [0.25, 0.3) is 0 Å². The van der Waals surface area contributed by atoms with E-state index >= 15 is 0 Å². The number of urea groups is 1. The van der Waals surface area contributed by atoms with Gasteiger partial charge >= 0.3 is 6.03 Å². The number of benzene rings is 3. The summed E-state index contributed by atoms with van der Waals surface area (Å²) in [5.41, 5.74) is 3.25. The molecule has 5 amide bonds. The van der Waals surface area contributed by atoms with Gasteiger partial charge in [-0.3, -0.25) is 14.4 Å². The summed E-state index contributed by atoms with van der Waals surface area (Å²) in [6.07, 6.45) is 4.38. The number of aromatic hydroxyl groups is 1. The fraction of sp³-hybridized carbons (Fsp3) is 0.368. The highest BCUT2D eigenvalue weighted by Crippen LogP contribution is 2.30. The van der Waals surface area contributed by atoms with Crippen LogP contribution >= 0.6 is 0 Å². The lowest BCUT2D eigenvalue weighted by Gasteiger charge is -2.55. The fourth-order valence-electron chi connectivity index (χ4n) is 6.48. The number of piperazine rings is 1. The second-order valence-corrected chi connectivity index (χ2v) is 12.6. The number of nitrogens with one attached hydrogen (secondary N) is 1. The van der Waals surface area contributed by atoms with Crippen LogP contribution in [0.5, 0.6) is 5.75 Å². The van der Waals surface area contributed by atoms with Crippen LogP contribution in [0.15, 0.2) is 91.5 Å². The number of rotatable bonds is 13. The Morgan fingerprint density at radius 3 is 2.43 bits per heavy atom. The molecule has 11 nitrogen and oxygen atoms in total. The van der Waals surface area contributed by atoms with E-state index in [9.17, 15) is 24.3 Å². The highest BCUT2D eigenvalue weighted by molar-refractivity contribution is 5.93. The zero-order valence-electron chi connectivity index (χ0n) is 28.3. The van der Waals surface area contributed by atoms with Gasteiger partial charge in [-0.15, -0.1) is 6.58 Å². The van der Waals surface area contributed by atoms with Gasteiger partial charge in [-0.05, 0) is 47.4 Å². The lowest BCUT2D eigenvalue weighted by molar-refractivity contribution is -0.189. The number of phenolic OH excluding ortho intramolecular Hbond substituents is 1. The lowest BCUT2D eigenvalue weighted by atomic mass is 9.98. The molecule has 3 aromatic carbocycles. The minimum absolute atomic E-state index is 0.0319. The summed E-state index contributed by atoms with van der Waals surface area (Å²) in [5.74, 6) is -0.374. The first kappa shape index (κ1) is 35.2. The predicted octanol–water partition coefficient (Wildman–Crippen LogP) is 4.67. The zero-order chi connectivity index (χ0) is 34.9. The molecule has 2 N–H and O–H groups in total. The summed E-state index contributed by atoms with van der Waals surface area (Å²) in [6.45, 7) is 6.70. The number of fused-ring (bicyclic) bond motifs is 1. The highest BCUT2D eigenvalue weighted by atomic mass is 16.3. The molecule has 5 rings (SSSR count). The van der Waals surface area contributed by atoms with Crippen molar-refractivity contribution in [2.75, 3.05) is 31.6 Å². The van der Waals surface area contributed by atoms with Crippen molar-refractivity contribution in [1.29, 1.82) is 0 Å². The van der Waals surface area contributed by atoms with Gasteiger partial charge in [0.15, 0.2) is 0 Å². The van der Waals surface area contributed by atoms with E-state index in [1.54, 1.807) is 62.1 Å². The summed E-state index contributed by atoms with van der Waals surface area (Å²) in [6, 6.07) is 22.4. The van der Waals surface area contributed by atoms with Gasteiger partial charge in [-0.1, -0.05) is 80.4 Å². The van der Waals surface area contributed by atoms with Crippen LogP contribution in [-0.2, 0) is 33.9 Å². The zero-order valence-corrected chi connectivity index (χ0v) is 28.3. The van der Waals surface area contributed by atoms with Gasteiger partial charge in [0, 0.05) is 45.2 Å². The van der Waals surface area contributed by atoms with Gasteiger partial charge in [0.2, 0.25) is 17.7 Å². The lowest BCUT2D eigenvalue weighted by Crippen LogP contribution is -2.76. The quantitative estimate of drug-likeness (QED) is 0.202. The molecule has 2 aliphatic rings. The molecule has 0 bridgehead atoms. The molecule has 2 saturated heterocycles. The number of hydrogen-bond donors (Lipinski definition) is 2. The molecule has 11 heteroatoms. The number of carbonyl (C=O) groups excluding carboxylic acids is 4. The maximum atomic E-state index is 14.3. The Bertz CT molecular complexity index is 1630. The van der Waals surface area contributed by atoms with Crippen LogP contribution in [0, 0.1) is 0 Å². The number of anilines is 1. The number of unbranched alkanes of at least 4 members (excludes halogenated alkanes) is 2. The minimum atomic E-state index is -0.892. The van der Waals surface area contributed by atoms with E-state index in [4.69, 9.17) is 0 Å². The van der Waals surface area contributed by atoms with Gasteiger partial charge in [-0.2, -0.15) is 0 Å². The Kier molecular flexibility index (Phi) is 11.7. The third kappa shape index (κ3) is 8.47. The van der Waals surface area contributed by atoms with Crippen LogP contribution in [0.3, 0.4) is 0 Å². The third-order valence-corrected chi connectivity index (χ3v) is 9.07. The summed E-state index contributed by atoms with van der Waals surface area (Å²) < 4.78 is 0. The van der Waals surface area contributed by atoms with E-state index < -0.39 is 18.2 Å². The Morgan fingerprint density at radius 2 is 1.71 bits per heavy atom. The Balaban J connectivity index is 1.45. The van der Waals surface area contributed by atoms with Crippen molar-refractivity contribution in [3.8, 4) is 5.75 Å². The van der Waals surface area contributed by atoms with E-state index in [1.807, 2.05) is 54.6 Å². The van der Waals surface area contributed by atoms with Gasteiger partial charge in [0.05, 0.1) is 13.1 Å². The van der Waals surface area contributed by atoms with Crippen LogP contribution in [0.4, 0.5) is 10.5 Å². The van der Waals surface area contributed by atoms with Crippen LogP contribution in [0.2, 0.25) is 0 Å². The maximum Gasteiger partial charge on any atom is 0.334 e. The van der Waals surface area contributed by atoms with E-state index in [0.717, 1.165) is 41.6 Å². The van der Waals surface area contributed by atoms with Gasteiger partial charge < -0.3 is 25.1 Å². The van der Waals surface area contributed by atoms with Crippen molar-refractivity contribution < 1.29 is 24.3 Å². The number of amides is 5. The molecule has 0 aliphatic carbocycles. The molecule has 2 heterocycles. The molecule has 0 spiro atoms. The van der Waals surface area contributed by atoms with Crippen molar-refractivity contribution in [2.45, 2.75) is 64.3 Å². The number of phenols is 1. The van der Waals surface area contributed by atoms with E-state index in [0.29, 0.717) is 6.42 Å². The Morgan fingerprint density at radius 1 is 0.980 bits per heavy atom. The van der Waals surface area contributed by atoms with E-state index in [1.165, 1.54) is 0 Å². The molecule has 0 aromatic heterocycles. The Hall–Kier alpha value is -5.16. The first-order valence-electron chi connectivity index (χ1n) is 16.9. The second kappa shape index (κ2) is 16.3. The average Bonchev–Trinajstić information content (AvgIpc) is 3.10. The minimum Gasteiger partial charge on any atom is -0.508 e. The van der Waals surface area contributed by atoms with Crippen LogP contribution in [0.1, 0.15) is 49.3 Å². The molecule has 0 unspecified atom stereocenters. The highest BCUT2D eigenvalue weighted by Gasteiger charge is 2.51. The molecule has 0 radical (unpaired) electrons. The number of hydrazine groups is 1. The van der Waals surface area contributed by atoms with Crippen LogP contribution < -0.4 is 10.2 Å². The smallest absolute Gasteiger partial charge is 0.334 e. The molecule has 49 heavy (non-hydrogen) atoms.